The zero-order chi connectivity index (χ0) is 12.1. The molecule has 0 spiro atoms. The summed E-state index contributed by atoms with van der Waals surface area (Å²) in [6, 6.07) is 7.75. The molecule has 1 rings (SSSR count). The monoisotopic (exact) mass is 238 g/mol. The third kappa shape index (κ3) is 3.87. The van der Waals surface area contributed by atoms with Crippen LogP contribution in [0.4, 0.5) is 5.69 Å². The van der Waals surface area contributed by atoms with Crippen molar-refractivity contribution < 1.29 is 4.79 Å². The lowest BCUT2D eigenvalue weighted by Gasteiger charge is -2.14. The van der Waals surface area contributed by atoms with Crippen molar-refractivity contribution >= 4 is 23.4 Å². The number of hydrogen-bond donors (Lipinski definition) is 2. The molecular formula is C12H18N2OS. The van der Waals surface area contributed by atoms with Crippen LogP contribution in [0, 0.1) is 0 Å². The first kappa shape index (κ1) is 13.1. The molecular weight excluding hydrogens is 220 g/mol. The van der Waals surface area contributed by atoms with Crippen LogP contribution in [-0.2, 0) is 11.2 Å². The number of carbonyl (C=O) groups excluding carboxylic acids is 1. The van der Waals surface area contributed by atoms with Gasteiger partial charge in [0.15, 0.2) is 0 Å². The number of nitrogens with zero attached hydrogens (tertiary/aromatic N) is 1. The summed E-state index contributed by atoms with van der Waals surface area (Å²) in [5, 5.41) is -0.247. The van der Waals surface area contributed by atoms with Crippen LogP contribution in [0.1, 0.15) is 12.0 Å². The minimum Gasteiger partial charge on any atom is -0.378 e. The second-order valence-electron chi connectivity index (χ2n) is 4.05. The van der Waals surface area contributed by atoms with Gasteiger partial charge in [-0.05, 0) is 30.5 Å². The SMILES string of the molecule is CN(C)c1cccc(CC[C@@H](N)C(=O)S)c1. The van der Waals surface area contributed by atoms with E-state index in [0.717, 1.165) is 12.1 Å². The van der Waals surface area contributed by atoms with E-state index < -0.39 is 6.04 Å². The normalized spacial score (nSPS) is 12.2. The molecule has 0 aliphatic carbocycles. The van der Waals surface area contributed by atoms with Gasteiger partial charge in [0, 0.05) is 19.8 Å². The fourth-order valence-electron chi connectivity index (χ4n) is 1.44. The van der Waals surface area contributed by atoms with Crippen LogP contribution >= 0.6 is 12.6 Å². The predicted molar refractivity (Wildman–Crippen MR) is 71.1 cm³/mol. The summed E-state index contributed by atoms with van der Waals surface area (Å²) < 4.78 is 0. The average Bonchev–Trinajstić information content (AvgIpc) is 2.26. The Morgan fingerprint density at radius 3 is 2.75 bits per heavy atom. The van der Waals surface area contributed by atoms with Crippen molar-refractivity contribution in [2.75, 3.05) is 19.0 Å². The first-order chi connectivity index (χ1) is 7.50. The summed E-state index contributed by atoms with van der Waals surface area (Å²) in [5.41, 5.74) is 7.97. The minimum atomic E-state index is -0.466. The summed E-state index contributed by atoms with van der Waals surface area (Å²) in [7, 11) is 4.00. The number of aryl methyl sites for hydroxylation is 1. The van der Waals surface area contributed by atoms with Crippen molar-refractivity contribution in [2.24, 2.45) is 5.73 Å². The number of anilines is 1. The summed E-state index contributed by atoms with van der Waals surface area (Å²) in [4.78, 5) is 12.9. The van der Waals surface area contributed by atoms with Gasteiger partial charge < -0.3 is 10.6 Å². The highest BCUT2D eigenvalue weighted by atomic mass is 32.1. The van der Waals surface area contributed by atoms with Crippen LogP contribution in [0.15, 0.2) is 24.3 Å². The molecule has 0 radical (unpaired) electrons. The Morgan fingerprint density at radius 1 is 1.50 bits per heavy atom. The molecule has 0 heterocycles. The zero-order valence-corrected chi connectivity index (χ0v) is 10.6. The Balaban J connectivity index is 2.60. The predicted octanol–water partition coefficient (Wildman–Crippen LogP) is 1.47. The van der Waals surface area contributed by atoms with Gasteiger partial charge in [0.25, 0.3) is 0 Å². The molecule has 0 fully saturated rings. The number of carbonyl (C=O) groups is 1. The van der Waals surface area contributed by atoms with Gasteiger partial charge in [-0.25, -0.2) is 0 Å². The minimum absolute atomic E-state index is 0.247. The highest BCUT2D eigenvalue weighted by Crippen LogP contribution is 2.15. The lowest BCUT2D eigenvalue weighted by molar-refractivity contribution is -0.112. The van der Waals surface area contributed by atoms with Gasteiger partial charge in [0.2, 0.25) is 5.12 Å². The molecule has 16 heavy (non-hydrogen) atoms. The number of nitrogens with two attached hydrogens (primary N) is 1. The average molecular weight is 238 g/mol. The van der Waals surface area contributed by atoms with Crippen LogP contribution in [0.5, 0.6) is 0 Å². The largest absolute Gasteiger partial charge is 0.378 e. The van der Waals surface area contributed by atoms with Crippen LogP contribution < -0.4 is 10.6 Å². The summed E-state index contributed by atoms with van der Waals surface area (Å²) in [6.07, 6.45) is 1.44. The number of thiol groups is 1. The Labute approximate surface area is 102 Å². The van der Waals surface area contributed by atoms with E-state index in [4.69, 9.17) is 5.73 Å². The molecule has 1 aromatic carbocycles. The molecule has 0 aliphatic heterocycles. The number of benzene rings is 1. The van der Waals surface area contributed by atoms with Crippen molar-refractivity contribution in [3.05, 3.63) is 29.8 Å². The smallest absolute Gasteiger partial charge is 0.202 e. The van der Waals surface area contributed by atoms with E-state index in [1.807, 2.05) is 37.2 Å². The summed E-state index contributed by atoms with van der Waals surface area (Å²) >= 11 is 3.72. The third-order valence-electron chi connectivity index (χ3n) is 2.49. The maximum absolute atomic E-state index is 10.9. The van der Waals surface area contributed by atoms with Crippen molar-refractivity contribution in [3.63, 3.8) is 0 Å². The standard InChI is InChI=1S/C12H18N2OS/c1-14(2)10-5-3-4-9(8-10)6-7-11(13)12(15)16/h3-5,8,11H,6-7,13H2,1-2H3,(H,15,16)/t11-/m1/s1. The topological polar surface area (TPSA) is 46.3 Å². The van der Waals surface area contributed by atoms with Gasteiger partial charge in [-0.15, -0.1) is 12.6 Å². The molecule has 0 saturated heterocycles. The lowest BCUT2D eigenvalue weighted by Crippen LogP contribution is -2.27. The molecule has 3 nitrogen and oxygen atoms in total. The second kappa shape index (κ2) is 5.92. The van der Waals surface area contributed by atoms with E-state index in [0.29, 0.717) is 6.42 Å². The van der Waals surface area contributed by atoms with Gasteiger partial charge in [0.1, 0.15) is 0 Å². The van der Waals surface area contributed by atoms with Gasteiger partial charge in [-0.2, -0.15) is 0 Å². The summed E-state index contributed by atoms with van der Waals surface area (Å²) in [5.74, 6) is 0. The summed E-state index contributed by atoms with van der Waals surface area (Å²) in [6.45, 7) is 0. The molecule has 2 N–H and O–H groups in total. The molecule has 4 heteroatoms. The van der Waals surface area contributed by atoms with E-state index in [9.17, 15) is 4.79 Å². The highest BCUT2D eigenvalue weighted by Gasteiger charge is 2.09. The molecule has 0 bridgehead atoms. The number of rotatable bonds is 5. The zero-order valence-electron chi connectivity index (χ0n) is 9.68. The van der Waals surface area contributed by atoms with Gasteiger partial charge >= 0.3 is 0 Å². The number of hydrogen-bond acceptors (Lipinski definition) is 3. The van der Waals surface area contributed by atoms with Gasteiger partial charge in [-0.3, -0.25) is 4.79 Å². The maximum Gasteiger partial charge on any atom is 0.202 e. The Bertz CT molecular complexity index is 366. The van der Waals surface area contributed by atoms with Crippen LogP contribution in [0.25, 0.3) is 0 Å². The van der Waals surface area contributed by atoms with Crippen molar-refractivity contribution in [3.8, 4) is 0 Å². The van der Waals surface area contributed by atoms with Gasteiger partial charge in [-0.1, -0.05) is 12.1 Å². The first-order valence-electron chi connectivity index (χ1n) is 5.25. The van der Waals surface area contributed by atoms with E-state index >= 15 is 0 Å². The molecule has 1 aromatic rings. The van der Waals surface area contributed by atoms with Crippen LogP contribution in [-0.4, -0.2) is 25.3 Å². The Kier molecular flexibility index (Phi) is 4.83. The molecule has 0 aliphatic rings. The molecule has 1 atom stereocenters. The Hall–Kier alpha value is -1.00. The van der Waals surface area contributed by atoms with Crippen molar-refractivity contribution in [2.45, 2.75) is 18.9 Å². The third-order valence-corrected chi connectivity index (χ3v) is 2.82. The van der Waals surface area contributed by atoms with E-state index in [2.05, 4.69) is 18.7 Å². The molecule has 0 unspecified atom stereocenters. The molecule has 0 amide bonds. The molecule has 0 saturated carbocycles. The maximum atomic E-state index is 10.9. The Morgan fingerprint density at radius 2 is 2.19 bits per heavy atom. The quantitative estimate of drug-likeness (QED) is 0.764. The van der Waals surface area contributed by atoms with E-state index in [-0.39, 0.29) is 5.12 Å². The first-order valence-corrected chi connectivity index (χ1v) is 5.70. The van der Waals surface area contributed by atoms with Crippen LogP contribution in [0.2, 0.25) is 0 Å². The van der Waals surface area contributed by atoms with Crippen molar-refractivity contribution in [1.82, 2.24) is 0 Å². The lowest BCUT2D eigenvalue weighted by atomic mass is 10.1. The van der Waals surface area contributed by atoms with E-state index in [1.165, 1.54) is 5.56 Å². The highest BCUT2D eigenvalue weighted by molar-refractivity contribution is 7.96. The van der Waals surface area contributed by atoms with E-state index in [1.54, 1.807) is 0 Å². The van der Waals surface area contributed by atoms with Crippen molar-refractivity contribution in [1.29, 1.82) is 0 Å². The fraction of sp³-hybridized carbons (Fsp3) is 0.417. The molecule has 0 aromatic heterocycles. The molecule has 88 valence electrons. The second-order valence-corrected chi connectivity index (χ2v) is 4.49. The van der Waals surface area contributed by atoms with Crippen LogP contribution in [0.3, 0.4) is 0 Å². The fourth-order valence-corrected chi connectivity index (χ4v) is 1.56. The van der Waals surface area contributed by atoms with Gasteiger partial charge in [0.05, 0.1) is 6.04 Å².